The van der Waals surface area contributed by atoms with Crippen LogP contribution in [0.15, 0.2) is 0 Å². The van der Waals surface area contributed by atoms with Crippen molar-refractivity contribution in [3.63, 3.8) is 0 Å². The maximum atomic E-state index is 13.3. The van der Waals surface area contributed by atoms with Crippen molar-refractivity contribution in [1.29, 1.82) is 0 Å². The molecule has 272 valence electrons. The predicted molar refractivity (Wildman–Crippen MR) is 171 cm³/mol. The standard InChI is InChI=1S/C37H57F3N2O6/c1-21-14-23(15-41-26(17-43)37(38,39)40)47-30-29(21)33(4)10-11-36-20-35(36)9-8-27(48-28-16-42(12-13-46-28)22-18-45-19-22)32(2,3)24(35)6-7-25(36)34(33,5)31(30)44/h17,21-31,41,44H,6-16,18-20H2,1-5H3/t21-,23?,24+,25?,26?,27?,28+,29+,30?,31+,33?,34-,35?,36?/m1/s1. The van der Waals surface area contributed by atoms with E-state index in [1.165, 1.54) is 12.8 Å². The van der Waals surface area contributed by atoms with E-state index in [4.69, 9.17) is 18.9 Å². The second-order valence-corrected chi connectivity index (χ2v) is 18.3. The van der Waals surface area contributed by atoms with Crippen LogP contribution < -0.4 is 5.32 Å². The number of carbonyl (C=O) groups is 1. The van der Waals surface area contributed by atoms with Crippen molar-refractivity contribution >= 4 is 6.29 Å². The molecule has 5 aliphatic carbocycles. The normalized spacial score (nSPS) is 52.1. The van der Waals surface area contributed by atoms with E-state index >= 15 is 0 Å². The summed E-state index contributed by atoms with van der Waals surface area (Å²) in [5.41, 5.74) is 0.0162. The third-order valence-corrected chi connectivity index (χ3v) is 16.4. The van der Waals surface area contributed by atoms with Gasteiger partial charge < -0.3 is 28.8 Å². The second-order valence-electron chi connectivity index (χ2n) is 18.3. The van der Waals surface area contributed by atoms with Crippen LogP contribution in [-0.4, -0.2) is 105 Å². The van der Waals surface area contributed by atoms with Gasteiger partial charge in [-0.1, -0.05) is 34.6 Å². The van der Waals surface area contributed by atoms with Crippen molar-refractivity contribution in [2.24, 2.45) is 50.7 Å². The number of ether oxygens (including phenoxy) is 4. The lowest BCUT2D eigenvalue weighted by atomic mass is 9.41. The van der Waals surface area contributed by atoms with Crippen molar-refractivity contribution in [2.45, 2.75) is 135 Å². The van der Waals surface area contributed by atoms with Gasteiger partial charge in [-0.05, 0) is 96.7 Å². The highest BCUT2D eigenvalue weighted by atomic mass is 19.4. The maximum Gasteiger partial charge on any atom is 0.410 e. The highest BCUT2D eigenvalue weighted by molar-refractivity contribution is 5.58. The molecular formula is C37H57F3N2O6. The number of alkyl halides is 3. The number of carbonyl (C=O) groups excluding carboxylic acids is 1. The van der Waals surface area contributed by atoms with E-state index < -0.39 is 30.5 Å². The lowest BCUT2D eigenvalue weighted by Crippen LogP contribution is -2.60. The number of fused-ring (bicyclic) bond motifs is 4. The van der Waals surface area contributed by atoms with Crippen LogP contribution in [0.5, 0.6) is 0 Å². The second kappa shape index (κ2) is 11.3. The Morgan fingerprint density at radius 1 is 1.06 bits per heavy atom. The monoisotopic (exact) mass is 682 g/mol. The summed E-state index contributed by atoms with van der Waals surface area (Å²) in [6, 6.07) is -1.73. The molecule has 3 heterocycles. The number of morpholine rings is 1. The third kappa shape index (κ3) is 4.62. The molecule has 0 radical (unpaired) electrons. The number of aldehydes is 1. The molecular weight excluding hydrogens is 625 g/mol. The Bertz CT molecular complexity index is 1270. The van der Waals surface area contributed by atoms with Gasteiger partial charge in [-0.3, -0.25) is 10.2 Å². The smallest absolute Gasteiger partial charge is 0.390 e. The molecule has 0 aromatic heterocycles. The molecule has 0 amide bonds. The predicted octanol–water partition coefficient (Wildman–Crippen LogP) is 4.96. The first-order valence-electron chi connectivity index (χ1n) is 18.8. The number of hydrogen-bond acceptors (Lipinski definition) is 8. The molecule has 0 aromatic carbocycles. The Labute approximate surface area is 283 Å². The van der Waals surface area contributed by atoms with Crippen LogP contribution >= 0.6 is 0 Å². The summed E-state index contributed by atoms with van der Waals surface area (Å²) in [6.07, 6.45) is 2.08. The summed E-state index contributed by atoms with van der Waals surface area (Å²) in [7, 11) is 0. The Morgan fingerprint density at radius 2 is 1.79 bits per heavy atom. The maximum absolute atomic E-state index is 13.3. The summed E-state index contributed by atoms with van der Waals surface area (Å²) >= 11 is 0. The van der Waals surface area contributed by atoms with Crippen LogP contribution in [0, 0.1) is 50.7 Å². The highest BCUT2D eigenvalue weighted by Crippen LogP contribution is 2.89. The zero-order valence-corrected chi connectivity index (χ0v) is 29.4. The zero-order chi connectivity index (χ0) is 34.1. The summed E-state index contributed by atoms with van der Waals surface area (Å²) < 4.78 is 64.9. The molecule has 5 saturated carbocycles. The van der Waals surface area contributed by atoms with Crippen LogP contribution in [0.25, 0.3) is 0 Å². The van der Waals surface area contributed by atoms with E-state index in [-0.39, 0.29) is 64.1 Å². The molecule has 0 aromatic rings. The molecule has 8 rings (SSSR count). The Morgan fingerprint density at radius 3 is 2.48 bits per heavy atom. The first kappa shape index (κ1) is 34.3. The quantitative estimate of drug-likeness (QED) is 0.365. The molecule has 0 bridgehead atoms. The molecule has 48 heavy (non-hydrogen) atoms. The summed E-state index contributed by atoms with van der Waals surface area (Å²) in [6.45, 7) is 15.7. The average Bonchev–Trinajstić information content (AvgIpc) is 3.62. The molecule has 3 saturated heterocycles. The van der Waals surface area contributed by atoms with E-state index in [9.17, 15) is 23.1 Å². The van der Waals surface area contributed by atoms with E-state index in [1.54, 1.807) is 0 Å². The number of aliphatic hydroxyl groups excluding tert-OH is 1. The van der Waals surface area contributed by atoms with Gasteiger partial charge in [0.2, 0.25) is 0 Å². The zero-order valence-electron chi connectivity index (χ0n) is 29.4. The van der Waals surface area contributed by atoms with E-state index in [0.29, 0.717) is 30.9 Å². The molecule has 11 heteroatoms. The lowest BCUT2D eigenvalue weighted by molar-refractivity contribution is -0.256. The van der Waals surface area contributed by atoms with Gasteiger partial charge in [0.25, 0.3) is 0 Å². The molecule has 8 nitrogen and oxygen atoms in total. The Hall–Kier alpha value is -0.820. The van der Waals surface area contributed by atoms with Gasteiger partial charge in [-0.25, -0.2) is 0 Å². The van der Waals surface area contributed by atoms with Gasteiger partial charge in [0.15, 0.2) is 12.3 Å². The fourth-order valence-corrected chi connectivity index (χ4v) is 13.9. The molecule has 14 atom stereocenters. The highest BCUT2D eigenvalue weighted by Gasteiger charge is 2.84. The van der Waals surface area contributed by atoms with Crippen LogP contribution in [0.3, 0.4) is 0 Å². The Balaban J connectivity index is 0.991. The SMILES string of the molecule is C[C@@H]1CC(CNC(C=O)C(F)(F)F)OC2[C@H]1C1(C)CCC34CC35CCC(O[C@H]3CN(C6COC6)CCO3)C(C)(C)[C@@H]5CCC4[C@]1(C)[C@H]2O. The number of nitrogens with one attached hydrogen (secondary N) is 1. The first-order valence-corrected chi connectivity index (χ1v) is 18.8. The summed E-state index contributed by atoms with van der Waals surface area (Å²) in [5.74, 6) is 1.27. The van der Waals surface area contributed by atoms with Gasteiger partial charge >= 0.3 is 6.18 Å². The van der Waals surface area contributed by atoms with Crippen molar-refractivity contribution in [3.8, 4) is 0 Å². The topological polar surface area (TPSA) is 89.5 Å². The van der Waals surface area contributed by atoms with Crippen LogP contribution in [0.1, 0.15) is 86.0 Å². The van der Waals surface area contributed by atoms with Crippen molar-refractivity contribution in [2.75, 3.05) is 39.5 Å². The minimum atomic E-state index is -4.64. The molecule has 8 unspecified atom stereocenters. The fourth-order valence-electron chi connectivity index (χ4n) is 13.9. The molecule has 8 fully saturated rings. The lowest BCUT2D eigenvalue weighted by Gasteiger charge is -2.64. The van der Waals surface area contributed by atoms with Gasteiger partial charge in [0.1, 0.15) is 6.29 Å². The summed E-state index contributed by atoms with van der Waals surface area (Å²) in [5, 5.41) is 14.8. The molecule has 2 N–H and O–H groups in total. The van der Waals surface area contributed by atoms with Crippen molar-refractivity contribution in [3.05, 3.63) is 0 Å². The van der Waals surface area contributed by atoms with Crippen molar-refractivity contribution < 1.29 is 42.0 Å². The van der Waals surface area contributed by atoms with Crippen molar-refractivity contribution in [1.82, 2.24) is 10.2 Å². The van der Waals surface area contributed by atoms with E-state index in [0.717, 1.165) is 58.4 Å². The van der Waals surface area contributed by atoms with Crippen LogP contribution in [0.4, 0.5) is 13.2 Å². The van der Waals surface area contributed by atoms with Gasteiger partial charge in [0, 0.05) is 18.5 Å². The Kier molecular flexibility index (Phi) is 8.10. The minimum Gasteiger partial charge on any atom is -0.390 e. The number of halogens is 3. The first-order chi connectivity index (χ1) is 22.6. The minimum absolute atomic E-state index is 0.00944. The number of aliphatic hydroxyl groups is 1. The third-order valence-electron chi connectivity index (χ3n) is 16.4. The van der Waals surface area contributed by atoms with E-state index in [1.807, 2.05) is 0 Å². The number of hydrogen-bond donors (Lipinski definition) is 2. The number of rotatable bonds is 7. The van der Waals surface area contributed by atoms with Crippen LogP contribution in [-0.2, 0) is 23.7 Å². The van der Waals surface area contributed by atoms with Gasteiger partial charge in [-0.15, -0.1) is 0 Å². The average molecular weight is 683 g/mol. The fraction of sp³-hybridized carbons (Fsp3) is 0.973. The largest absolute Gasteiger partial charge is 0.410 e. The van der Waals surface area contributed by atoms with E-state index in [2.05, 4.69) is 44.8 Å². The van der Waals surface area contributed by atoms with Gasteiger partial charge in [-0.2, -0.15) is 13.2 Å². The van der Waals surface area contributed by atoms with Crippen LogP contribution in [0.2, 0.25) is 0 Å². The molecule has 8 aliphatic rings. The summed E-state index contributed by atoms with van der Waals surface area (Å²) in [4.78, 5) is 13.6. The molecule has 3 aliphatic heterocycles. The van der Waals surface area contributed by atoms with Gasteiger partial charge in [0.05, 0.1) is 56.8 Å². The molecule has 2 spiro atoms. The number of nitrogens with zero attached hydrogens (tertiary/aromatic N) is 1.